The van der Waals surface area contributed by atoms with Crippen molar-refractivity contribution in [3.05, 3.63) is 29.8 Å². The molecule has 0 amide bonds. The standard InChI is InChI=1S/C18H31NO/c1-5-12-19-18(11-10-15(3)4)16-8-7-9-17(14-16)20-13-6-2/h7-9,14-15,18-19H,5-6,10-13H2,1-4H3. The maximum absolute atomic E-state index is 5.75. The number of hydrogen-bond acceptors (Lipinski definition) is 2. The first-order valence-corrected chi connectivity index (χ1v) is 8.13. The molecule has 0 bridgehead atoms. The van der Waals surface area contributed by atoms with E-state index in [1.54, 1.807) is 0 Å². The Bertz CT molecular complexity index is 362. The van der Waals surface area contributed by atoms with Gasteiger partial charge in [0.05, 0.1) is 6.61 Å². The monoisotopic (exact) mass is 277 g/mol. The van der Waals surface area contributed by atoms with Crippen LogP contribution in [0.2, 0.25) is 0 Å². The van der Waals surface area contributed by atoms with Crippen LogP contribution in [-0.2, 0) is 0 Å². The van der Waals surface area contributed by atoms with Crippen LogP contribution >= 0.6 is 0 Å². The molecule has 1 rings (SSSR count). The summed E-state index contributed by atoms with van der Waals surface area (Å²) in [5.74, 6) is 1.75. The third-order valence-electron chi connectivity index (χ3n) is 3.41. The van der Waals surface area contributed by atoms with Crippen LogP contribution in [0.5, 0.6) is 5.75 Å². The summed E-state index contributed by atoms with van der Waals surface area (Å²) in [4.78, 5) is 0. The van der Waals surface area contributed by atoms with Crippen molar-refractivity contribution < 1.29 is 4.74 Å². The normalized spacial score (nSPS) is 12.7. The van der Waals surface area contributed by atoms with Gasteiger partial charge < -0.3 is 10.1 Å². The van der Waals surface area contributed by atoms with Crippen molar-refractivity contribution in [2.24, 2.45) is 5.92 Å². The minimum Gasteiger partial charge on any atom is -0.494 e. The number of benzene rings is 1. The first kappa shape index (κ1) is 17.0. The summed E-state index contributed by atoms with van der Waals surface area (Å²) in [7, 11) is 0. The highest BCUT2D eigenvalue weighted by Crippen LogP contribution is 2.24. The molecule has 2 nitrogen and oxygen atoms in total. The molecule has 0 aliphatic carbocycles. The quantitative estimate of drug-likeness (QED) is 0.653. The molecule has 0 heterocycles. The number of ether oxygens (including phenoxy) is 1. The summed E-state index contributed by atoms with van der Waals surface area (Å²) < 4.78 is 5.75. The summed E-state index contributed by atoms with van der Waals surface area (Å²) in [6.45, 7) is 10.8. The molecule has 1 aromatic rings. The molecule has 0 radical (unpaired) electrons. The predicted octanol–water partition coefficient (Wildman–Crippen LogP) is 4.95. The molecule has 1 unspecified atom stereocenters. The van der Waals surface area contributed by atoms with Crippen LogP contribution in [0, 0.1) is 5.92 Å². The second-order valence-corrected chi connectivity index (χ2v) is 5.90. The van der Waals surface area contributed by atoms with Gasteiger partial charge in [-0.2, -0.15) is 0 Å². The molecule has 0 aromatic heterocycles. The maximum Gasteiger partial charge on any atom is 0.119 e. The zero-order valence-corrected chi connectivity index (χ0v) is 13.6. The molecule has 0 aliphatic heterocycles. The molecule has 0 saturated carbocycles. The Morgan fingerprint density at radius 1 is 1.10 bits per heavy atom. The molecule has 0 spiro atoms. The Labute approximate surface area is 124 Å². The Morgan fingerprint density at radius 2 is 1.90 bits per heavy atom. The molecule has 1 N–H and O–H groups in total. The SMILES string of the molecule is CCCNC(CCC(C)C)c1cccc(OCCC)c1. The number of hydrogen-bond donors (Lipinski definition) is 1. The average molecular weight is 277 g/mol. The molecule has 20 heavy (non-hydrogen) atoms. The van der Waals surface area contributed by atoms with Gasteiger partial charge in [0.15, 0.2) is 0 Å². The van der Waals surface area contributed by atoms with Gasteiger partial charge in [-0.05, 0) is 55.8 Å². The van der Waals surface area contributed by atoms with Crippen LogP contribution in [0.15, 0.2) is 24.3 Å². The van der Waals surface area contributed by atoms with E-state index in [2.05, 4.69) is 57.3 Å². The van der Waals surface area contributed by atoms with Gasteiger partial charge in [-0.1, -0.05) is 39.8 Å². The fourth-order valence-electron chi connectivity index (χ4n) is 2.25. The van der Waals surface area contributed by atoms with Crippen molar-refractivity contribution in [3.8, 4) is 5.75 Å². The van der Waals surface area contributed by atoms with Crippen molar-refractivity contribution >= 4 is 0 Å². The van der Waals surface area contributed by atoms with Crippen molar-refractivity contribution in [1.29, 1.82) is 0 Å². The van der Waals surface area contributed by atoms with E-state index in [1.807, 2.05) is 0 Å². The van der Waals surface area contributed by atoms with Crippen LogP contribution in [0.4, 0.5) is 0 Å². The van der Waals surface area contributed by atoms with E-state index in [0.717, 1.165) is 31.2 Å². The molecular weight excluding hydrogens is 246 g/mol. The molecule has 0 saturated heterocycles. The molecule has 0 fully saturated rings. The summed E-state index contributed by atoms with van der Waals surface area (Å²) in [5.41, 5.74) is 1.35. The van der Waals surface area contributed by atoms with E-state index >= 15 is 0 Å². The first-order valence-electron chi connectivity index (χ1n) is 8.13. The Hall–Kier alpha value is -1.02. The molecule has 0 aliphatic rings. The molecule has 2 heteroatoms. The van der Waals surface area contributed by atoms with Crippen molar-refractivity contribution in [2.75, 3.05) is 13.2 Å². The van der Waals surface area contributed by atoms with Gasteiger partial charge in [-0.3, -0.25) is 0 Å². The van der Waals surface area contributed by atoms with E-state index in [0.29, 0.717) is 6.04 Å². The molecule has 114 valence electrons. The highest BCUT2D eigenvalue weighted by molar-refractivity contribution is 5.30. The summed E-state index contributed by atoms with van der Waals surface area (Å²) in [6.07, 6.45) is 4.66. The minimum atomic E-state index is 0.447. The van der Waals surface area contributed by atoms with Gasteiger partial charge in [0.25, 0.3) is 0 Å². The zero-order chi connectivity index (χ0) is 14.8. The summed E-state index contributed by atoms with van der Waals surface area (Å²) in [5, 5.41) is 3.67. The van der Waals surface area contributed by atoms with E-state index in [1.165, 1.54) is 24.8 Å². The number of nitrogens with one attached hydrogen (secondary N) is 1. The fraction of sp³-hybridized carbons (Fsp3) is 0.667. The highest BCUT2D eigenvalue weighted by Gasteiger charge is 2.12. The smallest absolute Gasteiger partial charge is 0.119 e. The van der Waals surface area contributed by atoms with Crippen LogP contribution in [0.3, 0.4) is 0 Å². The second-order valence-electron chi connectivity index (χ2n) is 5.90. The fourth-order valence-corrected chi connectivity index (χ4v) is 2.25. The third-order valence-corrected chi connectivity index (χ3v) is 3.41. The number of rotatable bonds is 10. The van der Waals surface area contributed by atoms with Crippen molar-refractivity contribution in [2.45, 2.75) is 59.4 Å². The average Bonchev–Trinajstić information content (AvgIpc) is 2.45. The van der Waals surface area contributed by atoms with Gasteiger partial charge in [0.1, 0.15) is 5.75 Å². The lowest BCUT2D eigenvalue weighted by atomic mass is 9.97. The van der Waals surface area contributed by atoms with Crippen LogP contribution in [0.25, 0.3) is 0 Å². The van der Waals surface area contributed by atoms with Crippen LogP contribution in [-0.4, -0.2) is 13.2 Å². The topological polar surface area (TPSA) is 21.3 Å². The summed E-state index contributed by atoms with van der Waals surface area (Å²) in [6, 6.07) is 9.02. The lowest BCUT2D eigenvalue weighted by molar-refractivity contribution is 0.316. The van der Waals surface area contributed by atoms with Crippen LogP contribution in [0.1, 0.15) is 65.0 Å². The van der Waals surface area contributed by atoms with E-state index in [-0.39, 0.29) is 0 Å². The summed E-state index contributed by atoms with van der Waals surface area (Å²) >= 11 is 0. The van der Waals surface area contributed by atoms with E-state index < -0.39 is 0 Å². The predicted molar refractivity (Wildman–Crippen MR) is 87.3 cm³/mol. The first-order chi connectivity index (χ1) is 9.67. The van der Waals surface area contributed by atoms with Gasteiger partial charge >= 0.3 is 0 Å². The van der Waals surface area contributed by atoms with Crippen molar-refractivity contribution in [1.82, 2.24) is 5.32 Å². The highest BCUT2D eigenvalue weighted by atomic mass is 16.5. The molecular formula is C18H31NO. The van der Waals surface area contributed by atoms with Gasteiger partial charge in [0, 0.05) is 6.04 Å². The minimum absolute atomic E-state index is 0.447. The zero-order valence-electron chi connectivity index (χ0n) is 13.6. The van der Waals surface area contributed by atoms with Gasteiger partial charge in [0.2, 0.25) is 0 Å². The largest absolute Gasteiger partial charge is 0.494 e. The van der Waals surface area contributed by atoms with E-state index in [4.69, 9.17) is 4.74 Å². The van der Waals surface area contributed by atoms with E-state index in [9.17, 15) is 0 Å². The van der Waals surface area contributed by atoms with Gasteiger partial charge in [-0.25, -0.2) is 0 Å². The van der Waals surface area contributed by atoms with Gasteiger partial charge in [-0.15, -0.1) is 0 Å². The van der Waals surface area contributed by atoms with Crippen molar-refractivity contribution in [3.63, 3.8) is 0 Å². The Balaban J connectivity index is 2.71. The molecule has 1 atom stereocenters. The maximum atomic E-state index is 5.75. The Kier molecular flexibility index (Phi) is 8.36. The third kappa shape index (κ3) is 6.42. The Morgan fingerprint density at radius 3 is 2.55 bits per heavy atom. The molecule has 1 aromatic carbocycles. The second kappa shape index (κ2) is 9.82. The lowest BCUT2D eigenvalue weighted by Crippen LogP contribution is -2.22. The lowest BCUT2D eigenvalue weighted by Gasteiger charge is -2.20. The van der Waals surface area contributed by atoms with Crippen LogP contribution < -0.4 is 10.1 Å².